The molecule has 2 aliphatic rings. The van der Waals surface area contributed by atoms with E-state index in [2.05, 4.69) is 26.3 Å². The molecular weight excluding hydrogens is 252 g/mol. The second-order valence-corrected chi connectivity index (χ2v) is 5.91. The number of anilines is 1. The van der Waals surface area contributed by atoms with Crippen LogP contribution in [0.5, 0.6) is 0 Å². The third-order valence-electron chi connectivity index (χ3n) is 4.37. The fourth-order valence-electron chi connectivity index (χ4n) is 3.35. The molecule has 1 unspecified atom stereocenters. The monoisotopic (exact) mass is 274 g/mol. The van der Waals surface area contributed by atoms with Crippen molar-refractivity contribution in [1.82, 2.24) is 15.3 Å². The van der Waals surface area contributed by atoms with Crippen LogP contribution >= 0.6 is 0 Å². The van der Waals surface area contributed by atoms with E-state index in [1.165, 1.54) is 31.4 Å². The SMILES string of the molecule is CC(=O)NC1CCN(c2cc(C3CCCC3)ncn2)C1. The summed E-state index contributed by atoms with van der Waals surface area (Å²) in [6.07, 6.45) is 7.82. The maximum absolute atomic E-state index is 11.1. The van der Waals surface area contributed by atoms with Crippen LogP contribution in [0.1, 0.15) is 50.6 Å². The molecule has 2 fully saturated rings. The zero-order valence-electron chi connectivity index (χ0n) is 12.0. The highest BCUT2D eigenvalue weighted by atomic mass is 16.1. The van der Waals surface area contributed by atoms with Gasteiger partial charge in [-0.25, -0.2) is 9.97 Å². The van der Waals surface area contributed by atoms with Gasteiger partial charge in [0.25, 0.3) is 0 Å². The quantitative estimate of drug-likeness (QED) is 0.914. The van der Waals surface area contributed by atoms with Crippen molar-refractivity contribution in [3.05, 3.63) is 18.1 Å². The van der Waals surface area contributed by atoms with Crippen molar-refractivity contribution in [2.45, 2.75) is 51.0 Å². The lowest BCUT2D eigenvalue weighted by molar-refractivity contribution is -0.119. The topological polar surface area (TPSA) is 58.1 Å². The molecule has 1 aliphatic heterocycles. The van der Waals surface area contributed by atoms with Crippen LogP contribution in [0, 0.1) is 0 Å². The lowest BCUT2D eigenvalue weighted by Crippen LogP contribution is -2.35. The number of rotatable bonds is 3. The summed E-state index contributed by atoms with van der Waals surface area (Å²) in [5.74, 6) is 1.67. The van der Waals surface area contributed by atoms with Gasteiger partial charge in [0.2, 0.25) is 5.91 Å². The van der Waals surface area contributed by atoms with Gasteiger partial charge in [0, 0.05) is 43.7 Å². The number of amides is 1. The normalized spacial score (nSPS) is 23.2. The Kier molecular flexibility index (Phi) is 3.85. The summed E-state index contributed by atoms with van der Waals surface area (Å²) in [6.45, 7) is 3.37. The van der Waals surface area contributed by atoms with Crippen molar-refractivity contribution >= 4 is 11.7 Å². The van der Waals surface area contributed by atoms with E-state index < -0.39 is 0 Å². The van der Waals surface area contributed by atoms with E-state index in [4.69, 9.17) is 0 Å². The number of aromatic nitrogens is 2. The van der Waals surface area contributed by atoms with Gasteiger partial charge in [0.15, 0.2) is 0 Å². The molecule has 5 nitrogen and oxygen atoms in total. The van der Waals surface area contributed by atoms with Gasteiger partial charge in [-0.1, -0.05) is 12.8 Å². The van der Waals surface area contributed by atoms with Gasteiger partial charge in [-0.15, -0.1) is 0 Å². The summed E-state index contributed by atoms with van der Waals surface area (Å²) in [5.41, 5.74) is 1.19. The molecule has 1 aromatic heterocycles. The molecule has 3 rings (SSSR count). The van der Waals surface area contributed by atoms with E-state index in [-0.39, 0.29) is 11.9 Å². The second-order valence-electron chi connectivity index (χ2n) is 5.91. The Morgan fingerprint density at radius 2 is 2.10 bits per heavy atom. The lowest BCUT2D eigenvalue weighted by atomic mass is 10.0. The van der Waals surface area contributed by atoms with Crippen LogP contribution in [0.15, 0.2) is 12.4 Å². The molecule has 1 saturated carbocycles. The zero-order valence-corrected chi connectivity index (χ0v) is 12.0. The number of hydrogen-bond acceptors (Lipinski definition) is 4. The van der Waals surface area contributed by atoms with E-state index >= 15 is 0 Å². The highest BCUT2D eigenvalue weighted by Crippen LogP contribution is 2.34. The maximum Gasteiger partial charge on any atom is 0.217 e. The molecule has 0 bridgehead atoms. The van der Waals surface area contributed by atoms with Crippen molar-refractivity contribution in [3.63, 3.8) is 0 Å². The molecule has 5 heteroatoms. The van der Waals surface area contributed by atoms with Crippen molar-refractivity contribution in [1.29, 1.82) is 0 Å². The van der Waals surface area contributed by atoms with Crippen LogP contribution in [-0.4, -0.2) is 35.0 Å². The smallest absolute Gasteiger partial charge is 0.217 e. The van der Waals surface area contributed by atoms with E-state index in [1.807, 2.05) is 0 Å². The van der Waals surface area contributed by atoms with Crippen LogP contribution in [0.25, 0.3) is 0 Å². The molecule has 108 valence electrons. The average molecular weight is 274 g/mol. The number of carbonyl (C=O) groups excluding carboxylic acids is 1. The molecule has 1 atom stereocenters. The first kappa shape index (κ1) is 13.3. The van der Waals surface area contributed by atoms with Crippen molar-refractivity contribution in [2.75, 3.05) is 18.0 Å². The van der Waals surface area contributed by atoms with Gasteiger partial charge < -0.3 is 10.2 Å². The van der Waals surface area contributed by atoms with Gasteiger partial charge in [-0.05, 0) is 19.3 Å². The van der Waals surface area contributed by atoms with Crippen LogP contribution in [0.2, 0.25) is 0 Å². The molecule has 20 heavy (non-hydrogen) atoms. The maximum atomic E-state index is 11.1. The Hall–Kier alpha value is -1.65. The standard InChI is InChI=1S/C15H22N4O/c1-11(20)18-13-6-7-19(9-13)15-8-14(16-10-17-15)12-4-2-3-5-12/h8,10,12-13H,2-7,9H2,1H3,(H,18,20). The predicted molar refractivity (Wildman–Crippen MR) is 77.7 cm³/mol. The highest BCUT2D eigenvalue weighted by Gasteiger charge is 2.25. The Morgan fingerprint density at radius 1 is 1.30 bits per heavy atom. The van der Waals surface area contributed by atoms with Crippen molar-refractivity contribution in [2.24, 2.45) is 0 Å². The minimum atomic E-state index is 0.0474. The van der Waals surface area contributed by atoms with E-state index in [0.717, 1.165) is 25.3 Å². The summed E-state index contributed by atoms with van der Waals surface area (Å²) < 4.78 is 0. The first-order valence-electron chi connectivity index (χ1n) is 7.56. The van der Waals surface area contributed by atoms with E-state index in [0.29, 0.717) is 5.92 Å². The van der Waals surface area contributed by atoms with Crippen LogP contribution in [0.4, 0.5) is 5.82 Å². The molecule has 1 N–H and O–H groups in total. The first-order valence-corrected chi connectivity index (χ1v) is 7.56. The molecule has 1 saturated heterocycles. The minimum Gasteiger partial charge on any atom is -0.354 e. The number of nitrogens with one attached hydrogen (secondary N) is 1. The van der Waals surface area contributed by atoms with Gasteiger partial charge in [0.1, 0.15) is 12.1 Å². The Bertz CT molecular complexity index is 485. The highest BCUT2D eigenvalue weighted by molar-refractivity contribution is 5.73. The summed E-state index contributed by atoms with van der Waals surface area (Å²) in [6, 6.07) is 2.39. The first-order chi connectivity index (χ1) is 9.72. The molecular formula is C15H22N4O. The molecule has 0 spiro atoms. The van der Waals surface area contributed by atoms with Gasteiger partial charge in [-0.3, -0.25) is 4.79 Å². The summed E-state index contributed by atoms with van der Waals surface area (Å²) in [7, 11) is 0. The third kappa shape index (κ3) is 2.92. The lowest BCUT2D eigenvalue weighted by Gasteiger charge is -2.19. The fourth-order valence-corrected chi connectivity index (χ4v) is 3.35. The summed E-state index contributed by atoms with van der Waals surface area (Å²) in [5, 5.41) is 2.99. The Balaban J connectivity index is 1.68. The average Bonchev–Trinajstić information content (AvgIpc) is 3.09. The molecule has 1 aliphatic carbocycles. The molecule has 1 amide bonds. The Labute approximate surface area is 119 Å². The molecule has 0 aromatic carbocycles. The largest absolute Gasteiger partial charge is 0.354 e. The summed E-state index contributed by atoms with van der Waals surface area (Å²) >= 11 is 0. The predicted octanol–water partition coefficient (Wildman–Crippen LogP) is 1.85. The van der Waals surface area contributed by atoms with Crippen molar-refractivity contribution < 1.29 is 4.79 Å². The molecule has 1 aromatic rings. The zero-order chi connectivity index (χ0) is 13.9. The van der Waals surface area contributed by atoms with Gasteiger partial charge in [0.05, 0.1) is 0 Å². The van der Waals surface area contributed by atoms with Crippen LogP contribution in [0.3, 0.4) is 0 Å². The van der Waals surface area contributed by atoms with Crippen LogP contribution in [-0.2, 0) is 4.79 Å². The number of carbonyl (C=O) groups is 1. The fraction of sp³-hybridized carbons (Fsp3) is 0.667. The van der Waals surface area contributed by atoms with Crippen molar-refractivity contribution in [3.8, 4) is 0 Å². The number of nitrogens with zero attached hydrogens (tertiary/aromatic N) is 3. The second kappa shape index (κ2) is 5.77. The number of hydrogen-bond donors (Lipinski definition) is 1. The molecule has 2 heterocycles. The summed E-state index contributed by atoms with van der Waals surface area (Å²) in [4.78, 5) is 22.2. The van der Waals surface area contributed by atoms with Gasteiger partial charge in [-0.2, -0.15) is 0 Å². The molecule has 0 radical (unpaired) electrons. The Morgan fingerprint density at radius 3 is 2.85 bits per heavy atom. The van der Waals surface area contributed by atoms with E-state index in [9.17, 15) is 4.79 Å². The van der Waals surface area contributed by atoms with Gasteiger partial charge >= 0.3 is 0 Å². The van der Waals surface area contributed by atoms with E-state index in [1.54, 1.807) is 13.3 Å². The minimum absolute atomic E-state index is 0.0474. The third-order valence-corrected chi connectivity index (χ3v) is 4.37. The van der Waals surface area contributed by atoms with Crippen LogP contribution < -0.4 is 10.2 Å².